The van der Waals surface area contributed by atoms with Crippen LogP contribution in [0, 0.1) is 5.92 Å². The molecule has 0 spiro atoms. The van der Waals surface area contributed by atoms with E-state index in [0.717, 1.165) is 5.56 Å². The van der Waals surface area contributed by atoms with E-state index in [0.29, 0.717) is 37.0 Å². The normalized spacial score (nSPS) is 30.3. The van der Waals surface area contributed by atoms with Gasteiger partial charge in [-0.3, -0.25) is 4.79 Å². The zero-order valence-corrected chi connectivity index (χ0v) is 14.2. The van der Waals surface area contributed by atoms with Crippen LogP contribution in [-0.4, -0.2) is 60.5 Å². The van der Waals surface area contributed by atoms with Gasteiger partial charge in [-0.2, -0.15) is 0 Å². The van der Waals surface area contributed by atoms with Crippen LogP contribution in [0.5, 0.6) is 0 Å². The Labute approximate surface area is 137 Å². The molecule has 1 amide bonds. The summed E-state index contributed by atoms with van der Waals surface area (Å²) >= 11 is 0. The van der Waals surface area contributed by atoms with Gasteiger partial charge in [-0.05, 0) is 38.6 Å². The number of nitrogens with zero attached hydrogens (tertiary/aromatic N) is 2. The van der Waals surface area contributed by atoms with Gasteiger partial charge in [0.1, 0.15) is 0 Å². The van der Waals surface area contributed by atoms with Gasteiger partial charge in [-0.1, -0.05) is 25.1 Å². The molecule has 0 aliphatic carbocycles. The Kier molecular flexibility index (Phi) is 3.92. The summed E-state index contributed by atoms with van der Waals surface area (Å²) in [6, 6.07) is 7.70. The molecule has 2 aliphatic heterocycles. The topological polar surface area (TPSA) is 49.9 Å². The largest absolute Gasteiger partial charge is 0.445 e. The molecule has 0 saturated carbocycles. The van der Waals surface area contributed by atoms with Crippen LogP contribution in [0.4, 0.5) is 0 Å². The van der Waals surface area contributed by atoms with Crippen molar-refractivity contribution in [3.05, 3.63) is 35.4 Å². The summed E-state index contributed by atoms with van der Waals surface area (Å²) in [7, 11) is 4.07. The SMILES string of the molecule is C[C@@H]1CN(C(=O)[C@@]2(C)Cc3ccccc3C(=O)O2)C[C@@H]1N(C)C. The number of amides is 1. The molecule has 2 aliphatic rings. The second-order valence-electron chi connectivity index (χ2n) is 7.17. The molecule has 5 heteroatoms. The van der Waals surface area contributed by atoms with E-state index in [1.165, 1.54) is 0 Å². The highest BCUT2D eigenvalue weighted by Gasteiger charge is 2.47. The third-order valence-corrected chi connectivity index (χ3v) is 5.06. The number of benzene rings is 1. The Hall–Kier alpha value is -1.88. The molecule has 5 nitrogen and oxygen atoms in total. The number of rotatable bonds is 2. The van der Waals surface area contributed by atoms with Crippen molar-refractivity contribution in [1.29, 1.82) is 0 Å². The van der Waals surface area contributed by atoms with Crippen molar-refractivity contribution < 1.29 is 14.3 Å². The molecule has 0 aromatic heterocycles. The van der Waals surface area contributed by atoms with Gasteiger partial charge in [0, 0.05) is 25.6 Å². The van der Waals surface area contributed by atoms with Gasteiger partial charge in [0.25, 0.3) is 5.91 Å². The first-order valence-electron chi connectivity index (χ1n) is 8.09. The van der Waals surface area contributed by atoms with Crippen molar-refractivity contribution in [1.82, 2.24) is 9.80 Å². The summed E-state index contributed by atoms with van der Waals surface area (Å²) in [6.45, 7) is 5.28. The minimum Gasteiger partial charge on any atom is -0.445 e. The molecule has 124 valence electrons. The third kappa shape index (κ3) is 2.74. The lowest BCUT2D eigenvalue weighted by molar-refractivity contribution is -0.150. The van der Waals surface area contributed by atoms with Crippen LogP contribution >= 0.6 is 0 Å². The van der Waals surface area contributed by atoms with Crippen LogP contribution in [0.3, 0.4) is 0 Å². The number of hydrogen-bond donors (Lipinski definition) is 0. The molecule has 1 fully saturated rings. The maximum Gasteiger partial charge on any atom is 0.339 e. The molecule has 0 unspecified atom stereocenters. The summed E-state index contributed by atoms with van der Waals surface area (Å²) in [5.41, 5.74) is 0.349. The number of cyclic esters (lactones) is 1. The molecule has 0 N–H and O–H groups in total. The number of hydrogen-bond acceptors (Lipinski definition) is 4. The highest BCUT2D eigenvalue weighted by atomic mass is 16.6. The van der Waals surface area contributed by atoms with E-state index in [-0.39, 0.29) is 5.91 Å². The lowest BCUT2D eigenvalue weighted by Crippen LogP contribution is -2.53. The van der Waals surface area contributed by atoms with Crippen LogP contribution < -0.4 is 0 Å². The number of likely N-dealkylation sites (tertiary alicyclic amines) is 1. The van der Waals surface area contributed by atoms with Crippen LogP contribution in [0.1, 0.15) is 29.8 Å². The summed E-state index contributed by atoms with van der Waals surface area (Å²) in [6.07, 6.45) is 0.436. The molecule has 3 rings (SSSR count). The fourth-order valence-corrected chi connectivity index (χ4v) is 3.77. The quantitative estimate of drug-likeness (QED) is 0.777. The van der Waals surface area contributed by atoms with Crippen molar-refractivity contribution in [2.45, 2.75) is 31.9 Å². The van der Waals surface area contributed by atoms with E-state index in [1.54, 1.807) is 13.0 Å². The molecule has 3 atom stereocenters. The monoisotopic (exact) mass is 316 g/mol. The van der Waals surface area contributed by atoms with E-state index in [9.17, 15) is 9.59 Å². The average Bonchev–Trinajstić information content (AvgIpc) is 2.88. The lowest BCUT2D eigenvalue weighted by Gasteiger charge is -2.36. The number of carbonyl (C=O) groups is 2. The Morgan fingerprint density at radius 3 is 2.65 bits per heavy atom. The van der Waals surface area contributed by atoms with Crippen molar-refractivity contribution in [2.75, 3.05) is 27.2 Å². The zero-order valence-electron chi connectivity index (χ0n) is 14.2. The lowest BCUT2D eigenvalue weighted by atomic mass is 9.89. The second kappa shape index (κ2) is 5.64. The first kappa shape index (κ1) is 16.0. The Bertz CT molecular complexity index is 643. The molecule has 1 aromatic carbocycles. The molecule has 2 heterocycles. The van der Waals surface area contributed by atoms with Crippen molar-refractivity contribution >= 4 is 11.9 Å². The molecular formula is C18H24N2O3. The highest BCUT2D eigenvalue weighted by Crippen LogP contribution is 2.31. The predicted octanol–water partition coefficient (Wildman–Crippen LogP) is 1.57. The molecule has 23 heavy (non-hydrogen) atoms. The van der Waals surface area contributed by atoms with E-state index in [4.69, 9.17) is 4.74 Å². The molecule has 1 saturated heterocycles. The second-order valence-corrected chi connectivity index (χ2v) is 7.17. The molecule has 0 radical (unpaired) electrons. The maximum absolute atomic E-state index is 13.0. The number of carbonyl (C=O) groups excluding carboxylic acids is 2. The first-order valence-corrected chi connectivity index (χ1v) is 8.09. The summed E-state index contributed by atoms with van der Waals surface area (Å²) in [5, 5.41) is 0. The van der Waals surface area contributed by atoms with Gasteiger partial charge < -0.3 is 14.5 Å². The van der Waals surface area contributed by atoms with Gasteiger partial charge in [0.2, 0.25) is 0 Å². The molecule has 1 aromatic rings. The standard InChI is InChI=1S/C18H24N2O3/c1-12-10-20(11-15(12)19(3)4)17(22)18(2)9-13-7-5-6-8-14(13)16(21)23-18/h5-8,12,15H,9-11H2,1-4H3/t12-,15+,18-/m1/s1. The van der Waals surface area contributed by atoms with Crippen molar-refractivity contribution in [3.63, 3.8) is 0 Å². The Morgan fingerprint density at radius 1 is 1.30 bits per heavy atom. The van der Waals surface area contributed by atoms with E-state index >= 15 is 0 Å². The van der Waals surface area contributed by atoms with Crippen molar-refractivity contribution in [2.24, 2.45) is 5.92 Å². The first-order chi connectivity index (χ1) is 10.8. The van der Waals surface area contributed by atoms with Gasteiger partial charge in [0.05, 0.1) is 5.56 Å². The van der Waals surface area contributed by atoms with Gasteiger partial charge in [0.15, 0.2) is 5.60 Å². The minimum absolute atomic E-state index is 0.0865. The van der Waals surface area contributed by atoms with Crippen molar-refractivity contribution in [3.8, 4) is 0 Å². The summed E-state index contributed by atoms with van der Waals surface area (Å²) in [5.74, 6) is -0.0835. The predicted molar refractivity (Wildman–Crippen MR) is 87.2 cm³/mol. The smallest absolute Gasteiger partial charge is 0.339 e. The van der Waals surface area contributed by atoms with E-state index in [1.807, 2.05) is 37.2 Å². The number of esters is 1. The average molecular weight is 316 g/mol. The zero-order chi connectivity index (χ0) is 16.8. The fraction of sp³-hybridized carbons (Fsp3) is 0.556. The molecular weight excluding hydrogens is 292 g/mol. The van der Waals surface area contributed by atoms with Crippen LogP contribution in [0.15, 0.2) is 24.3 Å². The van der Waals surface area contributed by atoms with Crippen LogP contribution in [-0.2, 0) is 16.0 Å². The summed E-state index contributed by atoms with van der Waals surface area (Å²) < 4.78 is 5.56. The van der Waals surface area contributed by atoms with Gasteiger partial charge in [-0.25, -0.2) is 4.79 Å². The number of fused-ring (bicyclic) bond motifs is 1. The minimum atomic E-state index is -1.10. The fourth-order valence-electron chi connectivity index (χ4n) is 3.77. The third-order valence-electron chi connectivity index (χ3n) is 5.06. The van der Waals surface area contributed by atoms with E-state index in [2.05, 4.69) is 11.8 Å². The Morgan fingerprint density at radius 2 is 2.00 bits per heavy atom. The molecule has 0 bridgehead atoms. The number of likely N-dealkylation sites (N-methyl/N-ethyl adjacent to an activating group) is 1. The number of ether oxygens (including phenoxy) is 1. The van der Waals surface area contributed by atoms with Crippen LogP contribution in [0.2, 0.25) is 0 Å². The van der Waals surface area contributed by atoms with Gasteiger partial charge >= 0.3 is 5.97 Å². The van der Waals surface area contributed by atoms with Gasteiger partial charge in [-0.15, -0.1) is 0 Å². The van der Waals surface area contributed by atoms with E-state index < -0.39 is 11.6 Å². The maximum atomic E-state index is 13.0. The summed E-state index contributed by atoms with van der Waals surface area (Å²) in [4.78, 5) is 29.3. The Balaban J connectivity index is 1.82. The van der Waals surface area contributed by atoms with Crippen LogP contribution in [0.25, 0.3) is 0 Å². The highest BCUT2D eigenvalue weighted by molar-refractivity contribution is 5.97.